The predicted octanol–water partition coefficient (Wildman–Crippen LogP) is 4.25. The lowest BCUT2D eigenvalue weighted by molar-refractivity contribution is -0.113. The first-order valence-electron chi connectivity index (χ1n) is 6.09. The molecule has 0 bridgehead atoms. The predicted molar refractivity (Wildman–Crippen MR) is 94.0 cm³/mol. The molecule has 6 heteroatoms. The highest BCUT2D eigenvalue weighted by molar-refractivity contribution is 9.10. The van der Waals surface area contributed by atoms with Gasteiger partial charge in [-0.05, 0) is 51.8 Å². The van der Waals surface area contributed by atoms with Gasteiger partial charge >= 0.3 is 0 Å². The van der Waals surface area contributed by atoms with Gasteiger partial charge in [0.25, 0.3) is 5.91 Å². The summed E-state index contributed by atoms with van der Waals surface area (Å²) in [6.07, 6.45) is 5.22. The van der Waals surface area contributed by atoms with Crippen LogP contribution in [0.1, 0.15) is 5.56 Å². The normalized spacial score (nSPS) is 16.8. The fraction of sp³-hybridized carbons (Fsp3) is 0. The van der Waals surface area contributed by atoms with Crippen molar-refractivity contribution in [2.45, 2.75) is 0 Å². The first kappa shape index (κ1) is 14.4. The zero-order valence-corrected chi connectivity index (χ0v) is 13.9. The Labute approximate surface area is 140 Å². The molecule has 0 saturated carbocycles. The van der Waals surface area contributed by atoms with E-state index in [1.54, 1.807) is 17.3 Å². The number of thiocarbonyl (C=S) groups is 1. The van der Waals surface area contributed by atoms with Gasteiger partial charge in [0.1, 0.15) is 0 Å². The van der Waals surface area contributed by atoms with E-state index in [9.17, 15) is 4.79 Å². The number of nitrogens with zero attached hydrogens (tertiary/aromatic N) is 2. The van der Waals surface area contributed by atoms with Crippen molar-refractivity contribution in [1.82, 2.24) is 4.98 Å². The number of para-hydroxylation sites is 1. The van der Waals surface area contributed by atoms with Crippen molar-refractivity contribution in [3.63, 3.8) is 0 Å². The minimum Gasteiger partial charge on any atom is -0.268 e. The van der Waals surface area contributed by atoms with E-state index in [0.717, 1.165) is 15.7 Å². The number of carbonyl (C=O) groups excluding carboxylic acids is 1. The number of aromatic nitrogens is 1. The van der Waals surface area contributed by atoms with E-state index in [-0.39, 0.29) is 5.91 Å². The van der Waals surface area contributed by atoms with Gasteiger partial charge in [-0.1, -0.05) is 36.1 Å². The Kier molecular flexibility index (Phi) is 4.19. The third kappa shape index (κ3) is 2.92. The number of hydrogen-bond acceptors (Lipinski definition) is 4. The van der Waals surface area contributed by atoms with Crippen LogP contribution in [-0.2, 0) is 4.79 Å². The SMILES string of the molecule is O=C1C(=Cc2ccncc2)SC(=S)N1c1ccccc1Br. The Balaban J connectivity index is 1.97. The highest BCUT2D eigenvalue weighted by Gasteiger charge is 2.34. The lowest BCUT2D eigenvalue weighted by Gasteiger charge is -2.15. The van der Waals surface area contributed by atoms with Crippen molar-refractivity contribution in [1.29, 1.82) is 0 Å². The summed E-state index contributed by atoms with van der Waals surface area (Å²) < 4.78 is 1.37. The van der Waals surface area contributed by atoms with Gasteiger partial charge in [-0.3, -0.25) is 14.7 Å². The molecule has 0 radical (unpaired) electrons. The minimum absolute atomic E-state index is 0.103. The van der Waals surface area contributed by atoms with Gasteiger partial charge < -0.3 is 0 Å². The highest BCUT2D eigenvalue weighted by Crippen LogP contribution is 2.38. The molecule has 2 heterocycles. The van der Waals surface area contributed by atoms with Crippen LogP contribution in [0.4, 0.5) is 5.69 Å². The highest BCUT2D eigenvalue weighted by atomic mass is 79.9. The van der Waals surface area contributed by atoms with Crippen LogP contribution in [0, 0.1) is 0 Å². The molecular weight excluding hydrogens is 368 g/mol. The van der Waals surface area contributed by atoms with Gasteiger partial charge in [0.05, 0.1) is 10.6 Å². The van der Waals surface area contributed by atoms with Crippen molar-refractivity contribution in [2.24, 2.45) is 0 Å². The molecule has 2 aromatic rings. The molecule has 3 rings (SSSR count). The van der Waals surface area contributed by atoms with Gasteiger partial charge in [0.15, 0.2) is 4.32 Å². The molecule has 1 aromatic carbocycles. The van der Waals surface area contributed by atoms with Crippen molar-refractivity contribution < 1.29 is 4.79 Å². The van der Waals surface area contributed by atoms with Crippen molar-refractivity contribution >= 4 is 61.9 Å². The number of amides is 1. The lowest BCUT2D eigenvalue weighted by atomic mass is 10.2. The van der Waals surface area contributed by atoms with Crippen molar-refractivity contribution in [3.8, 4) is 0 Å². The molecule has 1 saturated heterocycles. The fourth-order valence-electron chi connectivity index (χ4n) is 1.92. The summed E-state index contributed by atoms with van der Waals surface area (Å²) in [6, 6.07) is 11.2. The Hall–Kier alpha value is -1.50. The molecule has 0 aliphatic carbocycles. The van der Waals surface area contributed by atoms with E-state index < -0.39 is 0 Å². The molecule has 0 spiro atoms. The van der Waals surface area contributed by atoms with Gasteiger partial charge in [0.2, 0.25) is 0 Å². The molecule has 1 fully saturated rings. The maximum atomic E-state index is 12.6. The minimum atomic E-state index is -0.103. The second kappa shape index (κ2) is 6.09. The van der Waals surface area contributed by atoms with E-state index in [1.807, 2.05) is 42.5 Å². The van der Waals surface area contributed by atoms with Crippen molar-refractivity contribution in [3.05, 3.63) is 63.7 Å². The smallest absolute Gasteiger partial charge is 0.268 e. The summed E-state index contributed by atoms with van der Waals surface area (Å²) in [5.74, 6) is -0.103. The van der Waals surface area contributed by atoms with Gasteiger partial charge in [-0.2, -0.15) is 0 Å². The molecule has 0 unspecified atom stereocenters. The topological polar surface area (TPSA) is 33.2 Å². The Morgan fingerprint density at radius 3 is 2.62 bits per heavy atom. The van der Waals surface area contributed by atoms with Gasteiger partial charge in [0, 0.05) is 16.9 Å². The second-order valence-electron chi connectivity index (χ2n) is 4.25. The molecule has 0 N–H and O–H groups in total. The molecule has 1 aromatic heterocycles. The summed E-state index contributed by atoms with van der Waals surface area (Å²) in [7, 11) is 0. The molecular formula is C15H9BrN2OS2. The Morgan fingerprint density at radius 2 is 1.90 bits per heavy atom. The summed E-state index contributed by atoms with van der Waals surface area (Å²) in [5, 5.41) is 0. The molecule has 21 heavy (non-hydrogen) atoms. The van der Waals surface area contributed by atoms with Crippen LogP contribution in [0.3, 0.4) is 0 Å². The molecule has 1 aliphatic rings. The van der Waals surface area contributed by atoms with Crippen LogP contribution in [0.15, 0.2) is 58.2 Å². The van der Waals surface area contributed by atoms with E-state index in [0.29, 0.717) is 9.23 Å². The average molecular weight is 377 g/mol. The monoisotopic (exact) mass is 376 g/mol. The zero-order chi connectivity index (χ0) is 14.8. The largest absolute Gasteiger partial charge is 0.270 e. The molecule has 1 aliphatic heterocycles. The average Bonchev–Trinajstić information content (AvgIpc) is 2.76. The van der Waals surface area contributed by atoms with Crippen molar-refractivity contribution in [2.75, 3.05) is 4.90 Å². The quantitative estimate of drug-likeness (QED) is 0.579. The zero-order valence-electron chi connectivity index (χ0n) is 10.7. The van der Waals surface area contributed by atoms with E-state index in [2.05, 4.69) is 20.9 Å². The van der Waals surface area contributed by atoms with E-state index >= 15 is 0 Å². The van der Waals surface area contributed by atoms with E-state index in [4.69, 9.17) is 12.2 Å². The number of benzene rings is 1. The third-order valence-corrected chi connectivity index (χ3v) is 4.86. The standard InChI is InChI=1S/C15H9BrN2OS2/c16-11-3-1-2-4-12(11)18-14(19)13(21-15(18)20)9-10-5-7-17-8-6-10/h1-9H. The summed E-state index contributed by atoms with van der Waals surface area (Å²) in [4.78, 5) is 18.7. The van der Waals surface area contributed by atoms with Crippen LogP contribution < -0.4 is 4.90 Å². The number of carbonyl (C=O) groups is 1. The third-order valence-electron chi connectivity index (χ3n) is 2.89. The number of pyridine rings is 1. The molecule has 0 atom stereocenters. The lowest BCUT2D eigenvalue weighted by Crippen LogP contribution is -2.27. The number of halogens is 1. The van der Waals surface area contributed by atoms with Gasteiger partial charge in [-0.25, -0.2) is 0 Å². The first-order chi connectivity index (χ1) is 10.2. The van der Waals surface area contributed by atoms with Crippen LogP contribution in [-0.4, -0.2) is 15.2 Å². The van der Waals surface area contributed by atoms with Crippen LogP contribution in [0.2, 0.25) is 0 Å². The second-order valence-corrected chi connectivity index (χ2v) is 6.78. The number of hydrogen-bond donors (Lipinski definition) is 0. The number of anilines is 1. The van der Waals surface area contributed by atoms with Crippen LogP contribution in [0.25, 0.3) is 6.08 Å². The fourth-order valence-corrected chi connectivity index (χ4v) is 3.67. The maximum absolute atomic E-state index is 12.6. The number of rotatable bonds is 2. The Bertz CT molecular complexity index is 746. The number of thioether (sulfide) groups is 1. The first-order valence-corrected chi connectivity index (χ1v) is 8.11. The van der Waals surface area contributed by atoms with E-state index in [1.165, 1.54) is 11.8 Å². The maximum Gasteiger partial charge on any atom is 0.270 e. The Morgan fingerprint density at radius 1 is 1.19 bits per heavy atom. The summed E-state index contributed by atoms with van der Waals surface area (Å²) in [6.45, 7) is 0. The summed E-state index contributed by atoms with van der Waals surface area (Å²) in [5.41, 5.74) is 1.69. The van der Waals surface area contributed by atoms with Crippen LogP contribution in [0.5, 0.6) is 0 Å². The summed E-state index contributed by atoms with van der Waals surface area (Å²) >= 11 is 10.1. The van der Waals surface area contributed by atoms with Gasteiger partial charge in [-0.15, -0.1) is 0 Å². The van der Waals surface area contributed by atoms with Crippen LogP contribution >= 0.6 is 39.9 Å². The molecule has 3 nitrogen and oxygen atoms in total. The molecule has 104 valence electrons. The molecule has 1 amide bonds.